The second-order valence-corrected chi connectivity index (χ2v) is 6.11. The molecule has 8 nitrogen and oxygen atoms in total. The van der Waals surface area contributed by atoms with Crippen LogP contribution >= 0.6 is 0 Å². The van der Waals surface area contributed by atoms with E-state index in [-0.39, 0.29) is 10.9 Å². The summed E-state index contributed by atoms with van der Waals surface area (Å²) < 4.78 is 27.2. The lowest BCUT2D eigenvalue weighted by molar-refractivity contribution is 0.175. The van der Waals surface area contributed by atoms with Gasteiger partial charge in [-0.2, -0.15) is 24.4 Å². The number of nitrogens with zero attached hydrogens (tertiary/aromatic N) is 6. The molecule has 0 spiro atoms. The smallest absolute Gasteiger partial charge is 0.246 e. The van der Waals surface area contributed by atoms with Gasteiger partial charge >= 0.3 is 0 Å². The topological polar surface area (TPSA) is 85.9 Å². The molecule has 0 atom stereocenters. The summed E-state index contributed by atoms with van der Waals surface area (Å²) in [4.78, 5) is 1.76. The molecule has 18 heavy (non-hydrogen) atoms. The van der Waals surface area contributed by atoms with E-state index in [4.69, 9.17) is 0 Å². The Morgan fingerprint density at radius 1 is 1.22 bits per heavy atom. The third-order valence-electron chi connectivity index (χ3n) is 2.91. The first-order valence-electron chi connectivity index (χ1n) is 5.42. The quantitative estimate of drug-likeness (QED) is 0.731. The number of hydrogen-bond acceptors (Lipinski definition) is 5. The maximum absolute atomic E-state index is 12.2. The molecule has 0 aromatic carbocycles. The molecule has 0 aliphatic carbocycles. The van der Waals surface area contributed by atoms with Gasteiger partial charge in [-0.05, 0) is 0 Å². The van der Waals surface area contributed by atoms with Gasteiger partial charge in [0.1, 0.15) is 4.90 Å². The van der Waals surface area contributed by atoms with Crippen LogP contribution in [0.15, 0.2) is 29.7 Å². The summed E-state index contributed by atoms with van der Waals surface area (Å²) in [6.07, 6.45) is 6.01. The molecule has 0 radical (unpaired) electrons. The zero-order chi connectivity index (χ0) is 12.8. The Bertz CT molecular complexity index is 640. The molecule has 2 aromatic rings. The van der Waals surface area contributed by atoms with Gasteiger partial charge in [-0.3, -0.25) is 4.68 Å². The average molecular weight is 268 g/mol. The maximum Gasteiger partial charge on any atom is 0.246 e. The van der Waals surface area contributed by atoms with E-state index in [1.165, 1.54) is 26.2 Å². The number of hydrogen-bond donors (Lipinski definition) is 0. The average Bonchev–Trinajstić information content (AvgIpc) is 2.86. The van der Waals surface area contributed by atoms with Crippen LogP contribution in [0.5, 0.6) is 0 Å². The zero-order valence-electron chi connectivity index (χ0n) is 9.71. The highest BCUT2D eigenvalue weighted by molar-refractivity contribution is 7.89. The van der Waals surface area contributed by atoms with Gasteiger partial charge in [0.2, 0.25) is 10.0 Å². The van der Waals surface area contributed by atoms with Crippen LogP contribution in [0.25, 0.3) is 0 Å². The van der Waals surface area contributed by atoms with Crippen molar-refractivity contribution in [2.75, 3.05) is 13.1 Å². The predicted octanol–water partition coefficient (Wildman–Crippen LogP) is -0.743. The molecule has 0 amide bonds. The van der Waals surface area contributed by atoms with Crippen molar-refractivity contribution >= 4 is 10.0 Å². The molecule has 1 aliphatic heterocycles. The van der Waals surface area contributed by atoms with Crippen molar-refractivity contribution < 1.29 is 8.42 Å². The second-order valence-electron chi connectivity index (χ2n) is 4.18. The van der Waals surface area contributed by atoms with Crippen LogP contribution in [0.4, 0.5) is 0 Å². The minimum Gasteiger partial charge on any atom is -0.274 e. The monoisotopic (exact) mass is 268 g/mol. The molecule has 0 saturated carbocycles. The van der Waals surface area contributed by atoms with Gasteiger partial charge in [-0.1, -0.05) is 0 Å². The fraction of sp³-hybridized carbons (Fsp3) is 0.444. The van der Waals surface area contributed by atoms with Gasteiger partial charge in [-0.15, -0.1) is 0 Å². The summed E-state index contributed by atoms with van der Waals surface area (Å²) in [5.41, 5.74) is 0. The van der Waals surface area contributed by atoms with Crippen molar-refractivity contribution in [3.05, 3.63) is 24.8 Å². The van der Waals surface area contributed by atoms with Crippen molar-refractivity contribution in [1.82, 2.24) is 29.1 Å². The lowest BCUT2D eigenvalue weighted by Crippen LogP contribution is -2.51. The van der Waals surface area contributed by atoms with Crippen LogP contribution in [0.3, 0.4) is 0 Å². The Kier molecular flexibility index (Phi) is 2.45. The van der Waals surface area contributed by atoms with E-state index in [1.807, 2.05) is 0 Å². The molecule has 3 heterocycles. The van der Waals surface area contributed by atoms with Crippen molar-refractivity contribution in [3.8, 4) is 0 Å². The van der Waals surface area contributed by atoms with Crippen LogP contribution in [-0.4, -0.2) is 50.6 Å². The number of rotatable bonds is 3. The van der Waals surface area contributed by atoms with E-state index in [2.05, 4.69) is 15.3 Å². The molecular weight excluding hydrogens is 256 g/mol. The lowest BCUT2D eigenvalue weighted by Gasteiger charge is -2.36. The minimum atomic E-state index is -3.42. The van der Waals surface area contributed by atoms with E-state index in [0.717, 1.165) is 0 Å². The van der Waals surface area contributed by atoms with Gasteiger partial charge < -0.3 is 0 Å². The largest absolute Gasteiger partial charge is 0.274 e. The fourth-order valence-corrected chi connectivity index (χ4v) is 3.36. The molecule has 96 valence electrons. The van der Waals surface area contributed by atoms with Crippen molar-refractivity contribution in [3.63, 3.8) is 0 Å². The van der Waals surface area contributed by atoms with Crippen LogP contribution in [0.1, 0.15) is 6.04 Å². The summed E-state index contributed by atoms with van der Waals surface area (Å²) in [6.45, 7) is 0.789. The van der Waals surface area contributed by atoms with E-state index < -0.39 is 10.0 Å². The van der Waals surface area contributed by atoms with E-state index in [9.17, 15) is 8.42 Å². The molecule has 3 rings (SSSR count). The first-order valence-corrected chi connectivity index (χ1v) is 6.86. The minimum absolute atomic E-state index is 0.0199. The predicted molar refractivity (Wildman–Crippen MR) is 61.0 cm³/mol. The van der Waals surface area contributed by atoms with Crippen LogP contribution in [0.2, 0.25) is 0 Å². The highest BCUT2D eigenvalue weighted by Gasteiger charge is 2.39. The van der Waals surface area contributed by atoms with Gasteiger partial charge in [0.15, 0.2) is 0 Å². The maximum atomic E-state index is 12.2. The Hall–Kier alpha value is -1.74. The highest BCUT2D eigenvalue weighted by atomic mass is 32.2. The van der Waals surface area contributed by atoms with Gasteiger partial charge in [0.05, 0.1) is 24.6 Å². The normalized spacial score (nSPS) is 17.8. The Labute approximate surface area is 104 Å². The SMILES string of the molecule is Cn1cc(S(=O)(=O)N2CC(n3nccn3)C2)cn1. The molecular formula is C9H12N6O2S. The van der Waals surface area contributed by atoms with Crippen LogP contribution in [-0.2, 0) is 17.1 Å². The first kappa shape index (κ1) is 11.4. The molecule has 1 aliphatic rings. The molecule has 0 bridgehead atoms. The molecule has 0 N–H and O–H groups in total. The molecule has 2 aromatic heterocycles. The standard InChI is InChI=1S/C9H12N6O2S/c1-13-7-9(4-12-13)18(16,17)14-5-8(6-14)15-10-2-3-11-15/h2-4,7-8H,5-6H2,1H3. The third kappa shape index (κ3) is 1.71. The Morgan fingerprint density at radius 3 is 2.44 bits per heavy atom. The van der Waals surface area contributed by atoms with Crippen molar-refractivity contribution in [2.24, 2.45) is 7.05 Å². The molecule has 9 heteroatoms. The summed E-state index contributed by atoms with van der Waals surface area (Å²) in [5, 5.41) is 11.9. The summed E-state index contributed by atoms with van der Waals surface area (Å²) in [7, 11) is -1.74. The van der Waals surface area contributed by atoms with E-state index >= 15 is 0 Å². The molecule has 1 fully saturated rings. The molecule has 0 unspecified atom stereocenters. The van der Waals surface area contributed by atoms with Crippen LogP contribution < -0.4 is 0 Å². The third-order valence-corrected chi connectivity index (χ3v) is 4.70. The fourth-order valence-electron chi connectivity index (χ4n) is 1.85. The van der Waals surface area contributed by atoms with Gasteiger partial charge in [0.25, 0.3) is 0 Å². The lowest BCUT2D eigenvalue weighted by atomic mass is 10.2. The van der Waals surface area contributed by atoms with E-state index in [0.29, 0.717) is 13.1 Å². The molecule has 1 saturated heterocycles. The number of aromatic nitrogens is 5. The van der Waals surface area contributed by atoms with Crippen LogP contribution in [0, 0.1) is 0 Å². The van der Waals surface area contributed by atoms with Crippen molar-refractivity contribution in [1.29, 1.82) is 0 Å². The van der Waals surface area contributed by atoms with Crippen molar-refractivity contribution in [2.45, 2.75) is 10.9 Å². The summed E-state index contributed by atoms with van der Waals surface area (Å²) >= 11 is 0. The first-order chi connectivity index (χ1) is 8.57. The summed E-state index contributed by atoms with van der Waals surface area (Å²) in [6, 6.07) is 0.0199. The van der Waals surface area contributed by atoms with Gasteiger partial charge in [0, 0.05) is 26.3 Å². The number of sulfonamides is 1. The highest BCUT2D eigenvalue weighted by Crippen LogP contribution is 2.26. The van der Waals surface area contributed by atoms with E-state index in [1.54, 1.807) is 19.4 Å². The zero-order valence-corrected chi connectivity index (χ0v) is 10.5. The number of aryl methyl sites for hydroxylation is 1. The summed E-state index contributed by atoms with van der Waals surface area (Å²) in [5.74, 6) is 0. The van der Waals surface area contributed by atoms with Gasteiger partial charge in [-0.25, -0.2) is 8.42 Å². The second kappa shape index (κ2) is 3.89. The Morgan fingerprint density at radius 2 is 1.89 bits per heavy atom. The Balaban J connectivity index is 1.75.